The number of nitrogens with one attached hydrogen (secondary N) is 1. The first-order chi connectivity index (χ1) is 17.3. The Hall–Kier alpha value is -2.08. The molecule has 0 saturated heterocycles. The summed E-state index contributed by atoms with van der Waals surface area (Å²) in [6.07, 6.45) is 2.35. The van der Waals surface area contributed by atoms with Gasteiger partial charge in [-0.15, -0.1) is 0 Å². The predicted molar refractivity (Wildman–Crippen MR) is 151 cm³/mol. The molecule has 0 radical (unpaired) electrons. The van der Waals surface area contributed by atoms with Crippen LogP contribution in [-0.4, -0.2) is 11.6 Å². The Balaban J connectivity index is 1.56. The van der Waals surface area contributed by atoms with Crippen LogP contribution in [0.25, 0.3) is 0 Å². The Labute approximate surface area is 236 Å². The molecule has 2 aliphatic carbocycles. The molecule has 2 aromatic rings. The lowest BCUT2D eigenvalue weighted by molar-refractivity contribution is -0.119. The average Bonchev–Trinajstić information content (AvgIpc) is 2.76. The van der Waals surface area contributed by atoms with Gasteiger partial charge in [-0.25, -0.2) is 0 Å². The van der Waals surface area contributed by atoms with Gasteiger partial charge in [-0.1, -0.05) is 79.0 Å². The van der Waals surface area contributed by atoms with Crippen molar-refractivity contribution in [3.63, 3.8) is 0 Å². The van der Waals surface area contributed by atoms with E-state index in [-0.39, 0.29) is 22.4 Å². The van der Waals surface area contributed by atoms with E-state index in [1.807, 2.05) is 24.3 Å². The van der Waals surface area contributed by atoms with Crippen molar-refractivity contribution < 1.29 is 14.3 Å². The summed E-state index contributed by atoms with van der Waals surface area (Å²) in [6, 6.07) is 11.4. The summed E-state index contributed by atoms with van der Waals surface area (Å²) in [5.41, 5.74) is 4.58. The Bertz CT molecular complexity index is 1300. The largest absolute Gasteiger partial charge is 0.486 e. The van der Waals surface area contributed by atoms with E-state index < -0.39 is 5.92 Å². The third-order valence-electron chi connectivity index (χ3n) is 7.37. The van der Waals surface area contributed by atoms with Gasteiger partial charge in [0.05, 0.1) is 10.0 Å². The number of hydrogen-bond acceptors (Lipinski definition) is 4. The number of allylic oxidation sites excluding steroid dienone is 4. The summed E-state index contributed by atoms with van der Waals surface area (Å²) in [4.78, 5) is 27.1. The zero-order valence-corrected chi connectivity index (χ0v) is 24.5. The molecule has 0 atom stereocenters. The molecular formula is C30H30BrCl2NO3. The van der Waals surface area contributed by atoms with Gasteiger partial charge in [0, 0.05) is 45.8 Å². The lowest BCUT2D eigenvalue weighted by Crippen LogP contribution is -2.42. The summed E-state index contributed by atoms with van der Waals surface area (Å²) in [6.45, 7) is 8.74. The number of halogens is 3. The molecule has 1 aliphatic heterocycles. The molecule has 0 spiro atoms. The number of dihydropyridines is 1. The van der Waals surface area contributed by atoms with E-state index in [4.69, 9.17) is 27.9 Å². The second-order valence-electron chi connectivity index (χ2n) is 12.0. The Morgan fingerprint density at radius 1 is 0.865 bits per heavy atom. The van der Waals surface area contributed by atoms with E-state index in [1.54, 1.807) is 12.1 Å². The summed E-state index contributed by atoms with van der Waals surface area (Å²) in [5.74, 6) is 0.0278. The molecule has 0 aromatic heterocycles. The summed E-state index contributed by atoms with van der Waals surface area (Å²) in [5, 5.41) is 4.25. The van der Waals surface area contributed by atoms with Gasteiger partial charge in [-0.3, -0.25) is 9.59 Å². The zero-order chi connectivity index (χ0) is 26.7. The fraction of sp³-hybridized carbons (Fsp3) is 0.400. The molecule has 1 heterocycles. The quantitative estimate of drug-likeness (QED) is 0.382. The van der Waals surface area contributed by atoms with Crippen molar-refractivity contribution in [2.75, 3.05) is 0 Å². The van der Waals surface area contributed by atoms with Crippen LogP contribution in [0.5, 0.6) is 5.75 Å². The molecule has 3 aliphatic rings. The monoisotopic (exact) mass is 601 g/mol. The van der Waals surface area contributed by atoms with E-state index in [1.165, 1.54) is 0 Å². The van der Waals surface area contributed by atoms with Crippen molar-refractivity contribution in [2.45, 2.75) is 65.9 Å². The highest BCUT2D eigenvalue weighted by atomic mass is 79.9. The third kappa shape index (κ3) is 5.28. The molecular weight excluding hydrogens is 573 g/mol. The Morgan fingerprint density at radius 2 is 1.35 bits per heavy atom. The number of benzene rings is 2. The van der Waals surface area contributed by atoms with Gasteiger partial charge in [0.25, 0.3) is 0 Å². The van der Waals surface area contributed by atoms with Crippen molar-refractivity contribution in [3.8, 4) is 5.75 Å². The minimum absolute atomic E-state index is 0.0655. The number of Topliss-reactive ketones (excluding diaryl/α,β-unsaturated/α-hetero) is 2. The van der Waals surface area contributed by atoms with E-state index >= 15 is 0 Å². The molecule has 0 amide bonds. The molecule has 0 bridgehead atoms. The highest BCUT2D eigenvalue weighted by Gasteiger charge is 2.46. The molecule has 0 fully saturated rings. The molecule has 2 aromatic carbocycles. The number of ether oxygens (including phenoxy) is 1. The first kappa shape index (κ1) is 26.5. The lowest BCUT2D eigenvalue weighted by Gasteiger charge is -2.44. The van der Waals surface area contributed by atoms with E-state index in [0.29, 0.717) is 46.4 Å². The highest BCUT2D eigenvalue weighted by Crippen LogP contribution is 2.52. The molecule has 37 heavy (non-hydrogen) atoms. The van der Waals surface area contributed by atoms with Gasteiger partial charge in [0.15, 0.2) is 17.3 Å². The Morgan fingerprint density at radius 3 is 1.84 bits per heavy atom. The van der Waals surface area contributed by atoms with Gasteiger partial charge in [-0.2, -0.15) is 0 Å². The SMILES string of the molecule is CC1(C)CC(=O)C2=C(C1)NC1=C(C(=O)CC(C)(C)C1)C2c1cc(Cl)c(OCc2ccc(Br)cc2)c(Cl)c1. The smallest absolute Gasteiger partial charge is 0.162 e. The number of carbonyl (C=O) groups excluding carboxylic acids is 2. The topological polar surface area (TPSA) is 55.4 Å². The van der Waals surface area contributed by atoms with Crippen LogP contribution in [0.2, 0.25) is 10.0 Å². The first-order valence-corrected chi connectivity index (χ1v) is 14.0. The maximum Gasteiger partial charge on any atom is 0.162 e. The second kappa shape index (κ2) is 9.59. The van der Waals surface area contributed by atoms with Gasteiger partial charge >= 0.3 is 0 Å². The minimum atomic E-state index is -0.492. The van der Waals surface area contributed by atoms with Crippen LogP contribution in [0.15, 0.2) is 63.4 Å². The summed E-state index contributed by atoms with van der Waals surface area (Å²) < 4.78 is 6.98. The van der Waals surface area contributed by atoms with Crippen molar-refractivity contribution in [1.29, 1.82) is 0 Å². The number of rotatable bonds is 4. The zero-order valence-electron chi connectivity index (χ0n) is 21.4. The van der Waals surface area contributed by atoms with Crippen molar-refractivity contribution in [3.05, 3.63) is 84.6 Å². The average molecular weight is 603 g/mol. The van der Waals surface area contributed by atoms with Crippen molar-refractivity contribution >= 4 is 50.7 Å². The van der Waals surface area contributed by atoms with Crippen molar-refractivity contribution in [2.24, 2.45) is 10.8 Å². The number of ketones is 2. The van der Waals surface area contributed by atoms with Crippen LogP contribution in [0.4, 0.5) is 0 Å². The molecule has 0 saturated carbocycles. The van der Waals surface area contributed by atoms with Crippen LogP contribution >= 0.6 is 39.1 Å². The number of hydrogen-bond donors (Lipinski definition) is 1. The predicted octanol–water partition coefficient (Wildman–Crippen LogP) is 8.31. The Kier molecular flexibility index (Phi) is 6.87. The summed E-state index contributed by atoms with van der Waals surface area (Å²) in [7, 11) is 0. The molecule has 7 heteroatoms. The van der Waals surface area contributed by atoms with Crippen LogP contribution in [0.1, 0.15) is 70.4 Å². The van der Waals surface area contributed by atoms with Crippen LogP contribution in [-0.2, 0) is 16.2 Å². The van der Waals surface area contributed by atoms with Crippen LogP contribution < -0.4 is 10.1 Å². The van der Waals surface area contributed by atoms with E-state index in [2.05, 4.69) is 48.9 Å². The van der Waals surface area contributed by atoms with Crippen LogP contribution in [0.3, 0.4) is 0 Å². The lowest BCUT2D eigenvalue weighted by atomic mass is 9.64. The number of carbonyl (C=O) groups is 2. The standard InChI is InChI=1S/C30H30BrCl2NO3/c1-29(2)11-21-26(23(35)13-29)25(27-22(34-21)12-30(3,4)14-24(27)36)17-9-19(32)28(20(33)10-17)37-15-16-5-7-18(31)8-6-16/h5-10,25,34H,11-15H2,1-4H3. The van der Waals surface area contributed by atoms with Crippen LogP contribution in [0, 0.1) is 10.8 Å². The maximum atomic E-state index is 13.5. The van der Waals surface area contributed by atoms with E-state index in [0.717, 1.165) is 39.8 Å². The van der Waals surface area contributed by atoms with Gasteiger partial charge in [0.1, 0.15) is 6.61 Å². The molecule has 4 nitrogen and oxygen atoms in total. The fourth-order valence-electron chi connectivity index (χ4n) is 5.84. The third-order valence-corrected chi connectivity index (χ3v) is 8.46. The normalized spacial score (nSPS) is 20.9. The fourth-order valence-corrected chi connectivity index (χ4v) is 6.72. The second-order valence-corrected chi connectivity index (χ2v) is 13.7. The summed E-state index contributed by atoms with van der Waals surface area (Å²) >= 11 is 16.9. The first-order valence-electron chi connectivity index (χ1n) is 12.5. The molecule has 1 N–H and O–H groups in total. The molecule has 0 unspecified atom stereocenters. The van der Waals surface area contributed by atoms with E-state index in [9.17, 15) is 9.59 Å². The minimum Gasteiger partial charge on any atom is -0.486 e. The van der Waals surface area contributed by atoms with Gasteiger partial charge < -0.3 is 10.1 Å². The molecule has 194 valence electrons. The molecule has 5 rings (SSSR count). The van der Waals surface area contributed by atoms with Gasteiger partial charge in [-0.05, 0) is 59.1 Å². The highest BCUT2D eigenvalue weighted by molar-refractivity contribution is 9.10. The van der Waals surface area contributed by atoms with Crippen molar-refractivity contribution in [1.82, 2.24) is 5.32 Å². The maximum absolute atomic E-state index is 13.5. The van der Waals surface area contributed by atoms with Gasteiger partial charge in [0.2, 0.25) is 0 Å².